The summed E-state index contributed by atoms with van der Waals surface area (Å²) in [5.41, 5.74) is 0. The average Bonchev–Trinajstić information content (AvgIpc) is 1.85. The van der Waals surface area contributed by atoms with Gasteiger partial charge in [-0.05, 0) is 5.92 Å². The minimum absolute atomic E-state index is 0.125. The van der Waals surface area contributed by atoms with E-state index in [2.05, 4.69) is 0 Å². The van der Waals surface area contributed by atoms with Crippen LogP contribution in [0.2, 0.25) is 0 Å². The van der Waals surface area contributed by atoms with E-state index >= 15 is 0 Å². The second kappa shape index (κ2) is 4.04. The fraction of sp³-hybridized carbons (Fsp3) is 1.00. The van der Waals surface area contributed by atoms with E-state index in [1.807, 2.05) is 13.8 Å². The summed E-state index contributed by atoms with van der Waals surface area (Å²) in [5, 5.41) is 26.4. The Morgan fingerprint density at radius 3 is 1.91 bits per heavy atom. The van der Waals surface area contributed by atoms with Crippen LogP contribution < -0.4 is 0 Å². The zero-order valence-corrected chi connectivity index (χ0v) is 7.41. The van der Waals surface area contributed by atoms with Crippen LogP contribution in [-0.2, 0) is 0 Å². The summed E-state index contributed by atoms with van der Waals surface area (Å²) in [6.07, 6.45) is 1.88. The van der Waals surface area contributed by atoms with Crippen LogP contribution in [-0.4, -0.2) is 21.3 Å². The fourth-order valence-electron chi connectivity index (χ4n) is 1.09. The molecule has 0 radical (unpaired) electrons. The van der Waals surface area contributed by atoms with Gasteiger partial charge in [-0.25, -0.2) is 0 Å². The van der Waals surface area contributed by atoms with E-state index in [-0.39, 0.29) is 5.92 Å². The Balaban J connectivity index is 3.91. The van der Waals surface area contributed by atoms with Crippen LogP contribution >= 0.6 is 0 Å². The molecule has 0 rings (SSSR count). The Bertz CT molecular complexity index is 106. The first-order chi connectivity index (χ1) is 4.89. The van der Waals surface area contributed by atoms with Gasteiger partial charge in [-0.2, -0.15) is 0 Å². The average molecular weight is 162 g/mol. The van der Waals surface area contributed by atoms with Crippen LogP contribution in [0.25, 0.3) is 0 Å². The smallest absolute Gasteiger partial charge is 0.278 e. The van der Waals surface area contributed by atoms with Crippen molar-refractivity contribution in [2.75, 3.05) is 0 Å². The van der Waals surface area contributed by atoms with Crippen molar-refractivity contribution in [1.82, 2.24) is 0 Å². The highest BCUT2D eigenvalue weighted by molar-refractivity contribution is 4.66. The quantitative estimate of drug-likeness (QED) is 0.533. The van der Waals surface area contributed by atoms with Crippen molar-refractivity contribution in [3.05, 3.63) is 0 Å². The van der Waals surface area contributed by atoms with Gasteiger partial charge in [0.15, 0.2) is 0 Å². The molecule has 2 atom stereocenters. The maximum Gasteiger partial charge on any atom is 0.278 e. The zero-order chi connectivity index (χ0) is 9.07. The predicted octanol–water partition coefficient (Wildman–Crippen LogP) is 0.689. The first kappa shape index (κ1) is 10.9. The van der Waals surface area contributed by atoms with Gasteiger partial charge in [-0.15, -0.1) is 0 Å². The van der Waals surface area contributed by atoms with E-state index in [0.717, 1.165) is 12.8 Å². The third kappa shape index (κ3) is 3.70. The summed E-state index contributed by atoms with van der Waals surface area (Å²) in [7, 11) is 0. The summed E-state index contributed by atoms with van der Waals surface area (Å²) >= 11 is 0. The first-order valence-electron chi connectivity index (χ1n) is 4.06. The van der Waals surface area contributed by atoms with E-state index in [1.165, 1.54) is 0 Å². The van der Waals surface area contributed by atoms with E-state index < -0.39 is 11.9 Å². The second-order valence-corrected chi connectivity index (χ2v) is 3.24. The van der Waals surface area contributed by atoms with Gasteiger partial charge in [0.25, 0.3) is 5.97 Å². The summed E-state index contributed by atoms with van der Waals surface area (Å²) in [5.74, 6) is -2.89. The normalized spacial score (nSPS) is 18.0. The molecule has 0 aromatic heterocycles. The number of rotatable bonds is 4. The monoisotopic (exact) mass is 162 g/mol. The maximum absolute atomic E-state index is 8.79. The van der Waals surface area contributed by atoms with Gasteiger partial charge in [0.1, 0.15) is 0 Å². The molecule has 68 valence electrons. The molecule has 0 aliphatic carbocycles. The Morgan fingerprint density at radius 2 is 1.64 bits per heavy atom. The van der Waals surface area contributed by atoms with Crippen molar-refractivity contribution in [1.29, 1.82) is 0 Å². The van der Waals surface area contributed by atoms with Gasteiger partial charge < -0.3 is 15.3 Å². The lowest BCUT2D eigenvalue weighted by molar-refractivity contribution is -0.346. The Labute approximate surface area is 67.7 Å². The van der Waals surface area contributed by atoms with Crippen molar-refractivity contribution in [2.45, 2.75) is 39.6 Å². The molecule has 0 saturated carbocycles. The molecule has 3 heteroatoms. The third-order valence-corrected chi connectivity index (χ3v) is 2.21. The Kier molecular flexibility index (Phi) is 4.00. The molecule has 0 bridgehead atoms. The summed E-state index contributed by atoms with van der Waals surface area (Å²) in [4.78, 5) is 0. The third-order valence-electron chi connectivity index (χ3n) is 2.21. The van der Waals surface area contributed by atoms with Gasteiger partial charge in [-0.3, -0.25) is 0 Å². The number of hydrogen-bond donors (Lipinski definition) is 3. The SMILES string of the molecule is CCCC(C)C(C)C(O)(O)O. The van der Waals surface area contributed by atoms with Gasteiger partial charge in [0.2, 0.25) is 0 Å². The molecule has 3 N–H and O–H groups in total. The van der Waals surface area contributed by atoms with E-state index in [0.29, 0.717) is 0 Å². The maximum atomic E-state index is 8.79. The highest BCUT2D eigenvalue weighted by Crippen LogP contribution is 2.23. The molecule has 0 saturated heterocycles. The number of hydrogen-bond acceptors (Lipinski definition) is 3. The molecule has 0 aromatic carbocycles. The first-order valence-corrected chi connectivity index (χ1v) is 4.06. The van der Waals surface area contributed by atoms with Crippen molar-refractivity contribution < 1.29 is 15.3 Å². The van der Waals surface area contributed by atoms with Crippen LogP contribution in [0.3, 0.4) is 0 Å². The summed E-state index contributed by atoms with van der Waals surface area (Å²) < 4.78 is 0. The van der Waals surface area contributed by atoms with Gasteiger partial charge in [0, 0.05) is 5.92 Å². The Morgan fingerprint density at radius 1 is 1.18 bits per heavy atom. The molecule has 0 aliphatic heterocycles. The molecule has 0 amide bonds. The number of aliphatic hydroxyl groups is 3. The standard InChI is InChI=1S/C8H18O3/c1-4-5-6(2)7(3)8(9,10)11/h6-7,9-11H,4-5H2,1-3H3. The molecular weight excluding hydrogens is 144 g/mol. The second-order valence-electron chi connectivity index (χ2n) is 3.24. The summed E-state index contributed by atoms with van der Waals surface area (Å²) in [6, 6.07) is 0. The van der Waals surface area contributed by atoms with Crippen LogP contribution in [0.15, 0.2) is 0 Å². The highest BCUT2D eigenvalue weighted by atomic mass is 16.7. The molecule has 0 heterocycles. The van der Waals surface area contributed by atoms with Crippen LogP contribution in [0, 0.1) is 11.8 Å². The Hall–Kier alpha value is -0.120. The molecular formula is C8H18O3. The van der Waals surface area contributed by atoms with Gasteiger partial charge in [0.05, 0.1) is 0 Å². The molecule has 0 aromatic rings. The summed E-state index contributed by atoms with van der Waals surface area (Å²) in [6.45, 7) is 5.54. The van der Waals surface area contributed by atoms with Crippen LogP contribution in [0.5, 0.6) is 0 Å². The molecule has 0 spiro atoms. The van der Waals surface area contributed by atoms with Crippen molar-refractivity contribution in [3.63, 3.8) is 0 Å². The largest absolute Gasteiger partial charge is 0.343 e. The molecule has 11 heavy (non-hydrogen) atoms. The van der Waals surface area contributed by atoms with Crippen molar-refractivity contribution in [2.24, 2.45) is 11.8 Å². The van der Waals surface area contributed by atoms with Gasteiger partial charge >= 0.3 is 0 Å². The molecule has 0 aliphatic rings. The van der Waals surface area contributed by atoms with E-state index in [1.54, 1.807) is 6.92 Å². The zero-order valence-electron chi connectivity index (χ0n) is 7.41. The molecule has 2 unspecified atom stereocenters. The fourth-order valence-corrected chi connectivity index (χ4v) is 1.09. The van der Waals surface area contributed by atoms with Crippen LogP contribution in [0.4, 0.5) is 0 Å². The lowest BCUT2D eigenvalue weighted by atomic mass is 9.90. The minimum atomic E-state index is -2.52. The molecule has 0 fully saturated rings. The van der Waals surface area contributed by atoms with Crippen molar-refractivity contribution >= 4 is 0 Å². The van der Waals surface area contributed by atoms with Crippen molar-refractivity contribution in [3.8, 4) is 0 Å². The van der Waals surface area contributed by atoms with Gasteiger partial charge in [-0.1, -0.05) is 33.6 Å². The molecule has 3 nitrogen and oxygen atoms in total. The van der Waals surface area contributed by atoms with E-state index in [4.69, 9.17) is 15.3 Å². The highest BCUT2D eigenvalue weighted by Gasteiger charge is 2.31. The topological polar surface area (TPSA) is 60.7 Å². The lowest BCUT2D eigenvalue weighted by Gasteiger charge is -2.27. The van der Waals surface area contributed by atoms with Crippen LogP contribution in [0.1, 0.15) is 33.6 Å². The predicted molar refractivity (Wildman–Crippen MR) is 42.6 cm³/mol. The minimum Gasteiger partial charge on any atom is -0.343 e. The lowest BCUT2D eigenvalue weighted by Crippen LogP contribution is -2.39. The van der Waals surface area contributed by atoms with E-state index in [9.17, 15) is 0 Å².